The summed E-state index contributed by atoms with van der Waals surface area (Å²) in [5.74, 6) is -1.21. The molecule has 0 radical (unpaired) electrons. The lowest BCUT2D eigenvalue weighted by atomic mass is 10.1. The summed E-state index contributed by atoms with van der Waals surface area (Å²) in [7, 11) is 1.21. The highest BCUT2D eigenvalue weighted by Gasteiger charge is 2.40. The Balaban J connectivity index is 1.65. The smallest absolute Gasteiger partial charge is 0.469 e. The lowest BCUT2D eigenvalue weighted by Crippen LogP contribution is -2.62. The molecule has 2 unspecified atom stereocenters. The van der Waals surface area contributed by atoms with Crippen molar-refractivity contribution >= 4 is 18.0 Å². The highest BCUT2D eigenvalue weighted by atomic mass is 16.8. The normalized spacial score (nSPS) is 20.1. The van der Waals surface area contributed by atoms with E-state index >= 15 is 0 Å². The number of pyridine rings is 1. The Bertz CT molecular complexity index is 853. The minimum atomic E-state index is -1.09. The molecule has 2 aliphatic rings. The summed E-state index contributed by atoms with van der Waals surface area (Å²) in [6, 6.07) is 1.22. The van der Waals surface area contributed by atoms with Gasteiger partial charge in [0, 0.05) is 18.8 Å². The number of aromatic nitrogens is 1. The number of esters is 1. The largest absolute Gasteiger partial charge is 0.511 e. The molecule has 1 aromatic heterocycles. The Labute approximate surface area is 165 Å². The number of morpholine rings is 1. The molecule has 12 nitrogen and oxygen atoms in total. The van der Waals surface area contributed by atoms with E-state index in [1.165, 1.54) is 24.0 Å². The zero-order valence-corrected chi connectivity index (χ0v) is 15.9. The van der Waals surface area contributed by atoms with Gasteiger partial charge in [0.1, 0.15) is 12.8 Å². The van der Waals surface area contributed by atoms with Crippen LogP contribution >= 0.6 is 0 Å². The van der Waals surface area contributed by atoms with Crippen LogP contribution in [0.5, 0.6) is 5.75 Å². The Morgan fingerprint density at radius 3 is 2.86 bits per heavy atom. The molecule has 0 saturated carbocycles. The number of rotatable bonds is 6. The van der Waals surface area contributed by atoms with E-state index in [4.69, 9.17) is 14.2 Å². The Morgan fingerprint density at radius 2 is 2.10 bits per heavy atom. The van der Waals surface area contributed by atoms with Crippen LogP contribution in [0.3, 0.4) is 0 Å². The number of nitrogens with one attached hydrogen (secondary N) is 1. The molecule has 1 saturated heterocycles. The summed E-state index contributed by atoms with van der Waals surface area (Å²) in [6.45, 7) is 1.68. The molecule has 29 heavy (non-hydrogen) atoms. The van der Waals surface area contributed by atoms with Crippen LogP contribution < -0.4 is 15.6 Å². The van der Waals surface area contributed by atoms with Crippen molar-refractivity contribution in [2.75, 3.05) is 39.1 Å². The standard InChI is InChI=1S/C17H21N3O9/c1-10-15-18-20-5-3-11(21)14(13(20)16(23)19(15)6-8-26-10)28-9-29-17(24)27-7-4-12(22)25-2/h3,5,10,15,18H,4,6-9H2,1-2H3. The van der Waals surface area contributed by atoms with Gasteiger partial charge in [-0.05, 0) is 6.92 Å². The maximum atomic E-state index is 12.9. The number of fused-ring (bicyclic) bond motifs is 2. The molecule has 1 aromatic rings. The van der Waals surface area contributed by atoms with Crippen molar-refractivity contribution in [1.82, 2.24) is 9.58 Å². The van der Waals surface area contributed by atoms with Crippen molar-refractivity contribution in [3.63, 3.8) is 0 Å². The monoisotopic (exact) mass is 411 g/mol. The van der Waals surface area contributed by atoms with E-state index in [0.29, 0.717) is 13.2 Å². The number of amides is 1. The van der Waals surface area contributed by atoms with Gasteiger partial charge in [0.15, 0.2) is 5.69 Å². The van der Waals surface area contributed by atoms with E-state index in [9.17, 15) is 19.2 Å². The van der Waals surface area contributed by atoms with Crippen LogP contribution in [0.1, 0.15) is 23.8 Å². The Morgan fingerprint density at radius 1 is 1.31 bits per heavy atom. The molecule has 2 atom stereocenters. The van der Waals surface area contributed by atoms with Gasteiger partial charge in [0.05, 0.1) is 26.2 Å². The van der Waals surface area contributed by atoms with Gasteiger partial charge >= 0.3 is 12.1 Å². The van der Waals surface area contributed by atoms with Gasteiger partial charge in [-0.25, -0.2) is 4.79 Å². The first kappa shape index (κ1) is 20.5. The van der Waals surface area contributed by atoms with Crippen LogP contribution in [0.25, 0.3) is 0 Å². The molecular formula is C17H21N3O9. The molecule has 0 bridgehead atoms. The van der Waals surface area contributed by atoms with E-state index in [-0.39, 0.29) is 36.7 Å². The topological polar surface area (TPSA) is 135 Å². The van der Waals surface area contributed by atoms with Crippen LogP contribution in [0.2, 0.25) is 0 Å². The summed E-state index contributed by atoms with van der Waals surface area (Å²) >= 11 is 0. The van der Waals surface area contributed by atoms with Crippen molar-refractivity contribution in [2.24, 2.45) is 0 Å². The van der Waals surface area contributed by atoms with Gasteiger partial charge < -0.3 is 34.0 Å². The summed E-state index contributed by atoms with van der Waals surface area (Å²) in [5, 5.41) is 0. The summed E-state index contributed by atoms with van der Waals surface area (Å²) in [5.41, 5.74) is 2.54. The van der Waals surface area contributed by atoms with Gasteiger partial charge in [-0.1, -0.05) is 0 Å². The summed E-state index contributed by atoms with van der Waals surface area (Å²) in [6.07, 6.45) is -0.430. The number of hydrogen-bond acceptors (Lipinski definition) is 10. The summed E-state index contributed by atoms with van der Waals surface area (Å²) in [4.78, 5) is 49.2. The van der Waals surface area contributed by atoms with Gasteiger partial charge in [0.2, 0.25) is 18.0 Å². The predicted molar refractivity (Wildman–Crippen MR) is 94.9 cm³/mol. The molecule has 2 aliphatic heterocycles. The quantitative estimate of drug-likeness (QED) is 0.489. The van der Waals surface area contributed by atoms with Crippen LogP contribution in [-0.2, 0) is 23.7 Å². The van der Waals surface area contributed by atoms with Gasteiger partial charge in [-0.3, -0.25) is 19.1 Å². The highest BCUT2D eigenvalue weighted by Crippen LogP contribution is 2.24. The van der Waals surface area contributed by atoms with Crippen molar-refractivity contribution in [1.29, 1.82) is 0 Å². The van der Waals surface area contributed by atoms with E-state index in [0.717, 1.165) is 0 Å². The second kappa shape index (κ2) is 8.82. The molecule has 3 heterocycles. The number of ether oxygens (including phenoxy) is 5. The molecule has 0 spiro atoms. The molecule has 0 aliphatic carbocycles. The molecular weight excluding hydrogens is 390 g/mol. The first-order valence-corrected chi connectivity index (χ1v) is 8.86. The van der Waals surface area contributed by atoms with Crippen molar-refractivity contribution in [2.45, 2.75) is 25.6 Å². The minimum absolute atomic E-state index is 0.00879. The Kier molecular flexibility index (Phi) is 6.22. The molecule has 0 aromatic carbocycles. The third-order valence-electron chi connectivity index (χ3n) is 4.42. The number of carbonyl (C=O) groups excluding carboxylic acids is 3. The first-order chi connectivity index (χ1) is 13.9. The molecule has 158 valence electrons. The molecule has 3 rings (SSSR count). The number of methoxy groups -OCH3 is 1. The fourth-order valence-corrected chi connectivity index (χ4v) is 2.97. The fourth-order valence-electron chi connectivity index (χ4n) is 2.97. The van der Waals surface area contributed by atoms with Gasteiger partial charge in [-0.15, -0.1) is 0 Å². The van der Waals surface area contributed by atoms with Gasteiger partial charge in [0.25, 0.3) is 5.91 Å². The third kappa shape index (κ3) is 4.42. The van der Waals surface area contributed by atoms with E-state index < -0.39 is 30.3 Å². The van der Waals surface area contributed by atoms with Crippen LogP contribution in [0.4, 0.5) is 4.79 Å². The molecule has 1 fully saturated rings. The third-order valence-corrected chi connectivity index (χ3v) is 4.42. The average Bonchev–Trinajstić information content (AvgIpc) is 2.70. The second-order valence-electron chi connectivity index (χ2n) is 6.21. The van der Waals surface area contributed by atoms with Crippen molar-refractivity contribution in [3.8, 4) is 5.75 Å². The second-order valence-corrected chi connectivity index (χ2v) is 6.21. The molecule has 12 heteroatoms. The Hall–Kier alpha value is -3.28. The zero-order valence-electron chi connectivity index (χ0n) is 15.9. The maximum absolute atomic E-state index is 12.9. The van der Waals surface area contributed by atoms with E-state index in [2.05, 4.69) is 14.9 Å². The van der Waals surface area contributed by atoms with Crippen molar-refractivity contribution in [3.05, 3.63) is 28.2 Å². The van der Waals surface area contributed by atoms with Crippen molar-refractivity contribution < 1.29 is 38.1 Å². The number of carbonyl (C=O) groups is 3. The number of nitrogens with zero attached hydrogens (tertiary/aromatic N) is 2. The first-order valence-electron chi connectivity index (χ1n) is 8.86. The van der Waals surface area contributed by atoms with E-state index in [1.807, 2.05) is 6.92 Å². The van der Waals surface area contributed by atoms with Crippen LogP contribution in [-0.4, -0.2) is 73.5 Å². The van der Waals surface area contributed by atoms with Gasteiger partial charge in [-0.2, -0.15) is 0 Å². The molecule has 1 amide bonds. The fraction of sp³-hybridized carbons (Fsp3) is 0.529. The number of hydrogen-bond donors (Lipinski definition) is 1. The van der Waals surface area contributed by atoms with Crippen LogP contribution in [0.15, 0.2) is 17.1 Å². The SMILES string of the molecule is COC(=O)CCOC(=O)OCOc1c2n(ccc1=O)NC1C(C)OCCN1C2=O. The maximum Gasteiger partial charge on any atom is 0.511 e. The minimum Gasteiger partial charge on any atom is -0.469 e. The predicted octanol–water partition coefficient (Wildman–Crippen LogP) is -0.355. The molecule has 1 N–H and O–H groups in total. The average molecular weight is 411 g/mol. The highest BCUT2D eigenvalue weighted by molar-refractivity contribution is 5.96. The van der Waals surface area contributed by atoms with E-state index in [1.54, 1.807) is 4.90 Å². The van der Waals surface area contributed by atoms with Crippen LogP contribution in [0, 0.1) is 0 Å². The lowest BCUT2D eigenvalue weighted by Gasteiger charge is -2.44. The summed E-state index contributed by atoms with van der Waals surface area (Å²) < 4.78 is 26.0. The lowest BCUT2D eigenvalue weighted by molar-refractivity contribution is -0.141. The zero-order chi connectivity index (χ0) is 21.0.